The molecule has 0 heterocycles. The summed E-state index contributed by atoms with van der Waals surface area (Å²) in [4.78, 5) is 0. The number of benzene rings is 2. The van der Waals surface area contributed by atoms with E-state index in [9.17, 15) is 4.39 Å². The van der Waals surface area contributed by atoms with Crippen molar-refractivity contribution in [2.75, 3.05) is 0 Å². The van der Waals surface area contributed by atoms with Crippen LogP contribution in [0, 0.1) is 12.7 Å². The minimum absolute atomic E-state index is 0.213. The maximum atomic E-state index is 13.5. The van der Waals surface area contributed by atoms with E-state index >= 15 is 0 Å². The molecule has 4 heteroatoms. The van der Waals surface area contributed by atoms with Crippen molar-refractivity contribution in [3.8, 4) is 0 Å². The maximum absolute atomic E-state index is 13.5. The summed E-state index contributed by atoms with van der Waals surface area (Å²) in [6, 6.07) is 10.5. The van der Waals surface area contributed by atoms with Gasteiger partial charge in [-0.1, -0.05) is 29.8 Å². The first-order chi connectivity index (χ1) is 8.97. The summed E-state index contributed by atoms with van der Waals surface area (Å²) in [5.41, 5.74) is 9.06. The Hall–Kier alpha value is -0.900. The van der Waals surface area contributed by atoms with Crippen LogP contribution in [0.15, 0.2) is 40.9 Å². The van der Waals surface area contributed by atoms with Crippen molar-refractivity contribution in [1.82, 2.24) is 0 Å². The van der Waals surface area contributed by atoms with E-state index in [1.807, 2.05) is 31.2 Å². The highest BCUT2D eigenvalue weighted by molar-refractivity contribution is 9.10. The Balaban J connectivity index is 2.25. The molecule has 100 valence electrons. The van der Waals surface area contributed by atoms with Gasteiger partial charge in [-0.15, -0.1) is 0 Å². The fraction of sp³-hybridized carbons (Fsp3) is 0.200. The van der Waals surface area contributed by atoms with Gasteiger partial charge >= 0.3 is 0 Å². The lowest BCUT2D eigenvalue weighted by molar-refractivity contribution is 0.614. The van der Waals surface area contributed by atoms with Crippen LogP contribution in [0.5, 0.6) is 0 Å². The topological polar surface area (TPSA) is 26.0 Å². The van der Waals surface area contributed by atoms with Gasteiger partial charge < -0.3 is 5.73 Å². The van der Waals surface area contributed by atoms with Gasteiger partial charge in [-0.05, 0) is 64.2 Å². The molecule has 2 N–H and O–H groups in total. The van der Waals surface area contributed by atoms with E-state index in [1.165, 1.54) is 6.07 Å². The van der Waals surface area contributed by atoms with Crippen molar-refractivity contribution >= 4 is 27.5 Å². The minimum Gasteiger partial charge on any atom is -0.324 e. The smallest absolute Gasteiger partial charge is 0.137 e. The third-order valence-electron chi connectivity index (χ3n) is 2.96. The quantitative estimate of drug-likeness (QED) is 0.852. The highest BCUT2D eigenvalue weighted by Crippen LogP contribution is 2.26. The molecule has 2 aromatic rings. The molecule has 0 saturated heterocycles. The first-order valence-corrected chi connectivity index (χ1v) is 7.10. The van der Waals surface area contributed by atoms with Crippen LogP contribution < -0.4 is 5.73 Å². The van der Waals surface area contributed by atoms with Crippen LogP contribution in [-0.2, 0) is 6.42 Å². The SMILES string of the molecule is Cc1cc(Cl)cc(C(N)Cc2cccc(F)c2Br)c1. The van der Waals surface area contributed by atoms with Crippen molar-refractivity contribution in [2.45, 2.75) is 19.4 Å². The molecule has 19 heavy (non-hydrogen) atoms. The number of halogens is 3. The second-order valence-corrected chi connectivity index (χ2v) is 5.81. The van der Waals surface area contributed by atoms with E-state index in [4.69, 9.17) is 17.3 Å². The number of aryl methyl sites for hydroxylation is 1. The lowest BCUT2D eigenvalue weighted by Crippen LogP contribution is -2.14. The maximum Gasteiger partial charge on any atom is 0.137 e. The van der Waals surface area contributed by atoms with Crippen molar-refractivity contribution < 1.29 is 4.39 Å². The second kappa shape index (κ2) is 6.04. The normalized spacial score (nSPS) is 12.5. The Labute approximate surface area is 125 Å². The van der Waals surface area contributed by atoms with Crippen molar-refractivity contribution in [2.24, 2.45) is 5.73 Å². The van der Waals surface area contributed by atoms with Crippen LogP contribution in [0.4, 0.5) is 4.39 Å². The Morgan fingerprint density at radius 3 is 2.74 bits per heavy atom. The minimum atomic E-state index is -0.271. The highest BCUT2D eigenvalue weighted by Gasteiger charge is 2.12. The molecule has 0 fully saturated rings. The molecule has 0 radical (unpaired) electrons. The summed E-state index contributed by atoms with van der Waals surface area (Å²) < 4.78 is 13.9. The predicted octanol–water partition coefficient (Wildman–Crippen LogP) is 4.79. The lowest BCUT2D eigenvalue weighted by atomic mass is 9.98. The van der Waals surface area contributed by atoms with Gasteiger partial charge in [-0.25, -0.2) is 4.39 Å². The molecule has 0 aliphatic rings. The molecular formula is C15H14BrClFN. The van der Waals surface area contributed by atoms with Gasteiger partial charge in [-0.3, -0.25) is 0 Å². The molecule has 2 rings (SSSR count). The Morgan fingerprint density at radius 2 is 2.05 bits per heavy atom. The largest absolute Gasteiger partial charge is 0.324 e. The summed E-state index contributed by atoms with van der Waals surface area (Å²) in [5, 5.41) is 0.670. The van der Waals surface area contributed by atoms with Gasteiger partial charge in [0.25, 0.3) is 0 Å². The number of hydrogen-bond acceptors (Lipinski definition) is 1. The number of rotatable bonds is 3. The van der Waals surface area contributed by atoms with Gasteiger partial charge in [0.1, 0.15) is 5.82 Å². The molecular weight excluding hydrogens is 329 g/mol. The van der Waals surface area contributed by atoms with Crippen LogP contribution in [0.3, 0.4) is 0 Å². The molecule has 0 aliphatic heterocycles. The number of nitrogens with two attached hydrogens (primary N) is 1. The average molecular weight is 343 g/mol. The first-order valence-electron chi connectivity index (χ1n) is 5.93. The zero-order valence-electron chi connectivity index (χ0n) is 10.5. The molecule has 1 nitrogen and oxygen atoms in total. The first kappa shape index (κ1) is 14.5. The van der Waals surface area contributed by atoms with E-state index < -0.39 is 0 Å². The van der Waals surface area contributed by atoms with E-state index in [0.717, 1.165) is 16.7 Å². The van der Waals surface area contributed by atoms with E-state index in [2.05, 4.69) is 15.9 Å². The third-order valence-corrected chi connectivity index (χ3v) is 4.07. The fourth-order valence-electron chi connectivity index (χ4n) is 2.04. The molecule has 0 aliphatic carbocycles. The summed E-state index contributed by atoms with van der Waals surface area (Å²) in [5.74, 6) is -0.271. The van der Waals surface area contributed by atoms with Crippen LogP contribution >= 0.6 is 27.5 Å². The van der Waals surface area contributed by atoms with Crippen molar-refractivity contribution in [1.29, 1.82) is 0 Å². The van der Waals surface area contributed by atoms with Crippen molar-refractivity contribution in [3.63, 3.8) is 0 Å². The molecule has 1 atom stereocenters. The summed E-state index contributed by atoms with van der Waals surface area (Å²) in [7, 11) is 0. The zero-order chi connectivity index (χ0) is 14.0. The molecule has 0 bridgehead atoms. The highest BCUT2D eigenvalue weighted by atomic mass is 79.9. The Morgan fingerprint density at radius 1 is 1.32 bits per heavy atom. The third kappa shape index (κ3) is 3.56. The zero-order valence-corrected chi connectivity index (χ0v) is 12.8. The van der Waals surface area contributed by atoms with Gasteiger partial charge in [0.2, 0.25) is 0 Å². The average Bonchev–Trinajstić information content (AvgIpc) is 2.33. The Bertz CT molecular complexity index is 580. The monoisotopic (exact) mass is 341 g/mol. The molecule has 0 amide bonds. The summed E-state index contributed by atoms with van der Waals surface area (Å²) in [6.07, 6.45) is 0.554. The van der Waals surface area contributed by atoms with Gasteiger partial charge in [0.15, 0.2) is 0 Å². The second-order valence-electron chi connectivity index (χ2n) is 4.59. The predicted molar refractivity (Wildman–Crippen MR) is 80.9 cm³/mol. The van der Waals surface area contributed by atoms with Crippen LogP contribution in [0.25, 0.3) is 0 Å². The molecule has 1 unspecified atom stereocenters. The standard InChI is InChI=1S/C15H14BrClFN/c1-9-5-11(7-12(17)6-9)14(19)8-10-3-2-4-13(18)15(10)16/h2-7,14H,8,19H2,1H3. The molecule has 0 spiro atoms. The van der Waals surface area contributed by atoms with Gasteiger partial charge in [0.05, 0.1) is 4.47 Å². The van der Waals surface area contributed by atoms with E-state index in [1.54, 1.807) is 6.07 Å². The summed E-state index contributed by atoms with van der Waals surface area (Å²) >= 11 is 9.28. The Kier molecular flexibility index (Phi) is 4.61. The summed E-state index contributed by atoms with van der Waals surface area (Å²) in [6.45, 7) is 1.97. The lowest BCUT2D eigenvalue weighted by Gasteiger charge is -2.14. The molecule has 2 aromatic carbocycles. The van der Waals surface area contributed by atoms with Crippen LogP contribution in [0.2, 0.25) is 5.02 Å². The number of hydrogen-bond donors (Lipinski definition) is 1. The van der Waals surface area contributed by atoms with Crippen LogP contribution in [-0.4, -0.2) is 0 Å². The van der Waals surface area contributed by atoms with Gasteiger partial charge in [0, 0.05) is 11.1 Å². The fourth-order valence-corrected chi connectivity index (χ4v) is 2.76. The van der Waals surface area contributed by atoms with Crippen LogP contribution in [0.1, 0.15) is 22.7 Å². The van der Waals surface area contributed by atoms with Crippen molar-refractivity contribution in [3.05, 3.63) is 68.4 Å². The van der Waals surface area contributed by atoms with E-state index in [0.29, 0.717) is 15.9 Å². The molecule has 0 saturated carbocycles. The van der Waals surface area contributed by atoms with Gasteiger partial charge in [-0.2, -0.15) is 0 Å². The molecule has 0 aromatic heterocycles. The van der Waals surface area contributed by atoms with E-state index in [-0.39, 0.29) is 11.9 Å².